The van der Waals surface area contributed by atoms with Gasteiger partial charge in [0.1, 0.15) is 0 Å². The van der Waals surface area contributed by atoms with E-state index in [1.165, 1.54) is 5.56 Å². The number of aryl methyl sites for hydroxylation is 2. The van der Waals surface area contributed by atoms with Crippen LogP contribution >= 0.6 is 0 Å². The van der Waals surface area contributed by atoms with Crippen LogP contribution < -0.4 is 5.32 Å². The van der Waals surface area contributed by atoms with Crippen LogP contribution in [0.1, 0.15) is 36.8 Å². The molecule has 1 aromatic heterocycles. The van der Waals surface area contributed by atoms with Crippen LogP contribution in [-0.4, -0.2) is 34.0 Å². The van der Waals surface area contributed by atoms with Crippen molar-refractivity contribution >= 4 is 11.6 Å². The van der Waals surface area contributed by atoms with Crippen molar-refractivity contribution in [2.45, 2.75) is 39.7 Å². The lowest BCUT2D eigenvalue weighted by atomic mass is 9.96. The summed E-state index contributed by atoms with van der Waals surface area (Å²) in [5.74, 6) is 1.24. The first-order valence-electron chi connectivity index (χ1n) is 10.6. The number of hydrogen-bond acceptors (Lipinski definition) is 5. The third-order valence-corrected chi connectivity index (χ3v) is 5.67. The maximum Gasteiger partial charge on any atom is 0.241 e. The highest BCUT2D eigenvalue weighted by molar-refractivity contribution is 5.93. The van der Waals surface area contributed by atoms with E-state index in [4.69, 9.17) is 4.52 Å². The normalized spacial score (nSPS) is 17.1. The molecule has 1 fully saturated rings. The number of nitrogens with zero attached hydrogens (tertiary/aromatic N) is 3. The van der Waals surface area contributed by atoms with Crippen LogP contribution in [0.2, 0.25) is 0 Å². The lowest BCUT2D eigenvalue weighted by Crippen LogP contribution is -2.40. The highest BCUT2D eigenvalue weighted by Gasteiger charge is 2.27. The van der Waals surface area contributed by atoms with Crippen molar-refractivity contribution in [1.82, 2.24) is 15.0 Å². The summed E-state index contributed by atoms with van der Waals surface area (Å²) in [5, 5.41) is 7.25. The number of aromatic nitrogens is 2. The van der Waals surface area contributed by atoms with E-state index >= 15 is 0 Å². The number of hydrogen-bond donors (Lipinski definition) is 1. The van der Waals surface area contributed by atoms with Crippen LogP contribution in [0, 0.1) is 12.8 Å². The summed E-state index contributed by atoms with van der Waals surface area (Å²) in [6, 6.07) is 16.1. The molecule has 1 aliphatic heterocycles. The van der Waals surface area contributed by atoms with Crippen molar-refractivity contribution in [1.29, 1.82) is 0 Å². The van der Waals surface area contributed by atoms with Gasteiger partial charge >= 0.3 is 0 Å². The van der Waals surface area contributed by atoms with Crippen LogP contribution in [0.15, 0.2) is 53.1 Å². The standard InChI is InChI=1S/C24H28N4O2/c1-3-18-7-4-5-9-21(18)25-24(29)20-8-6-14-28(15-20)16-22-26-23(27-30-22)19-12-10-17(2)11-13-19/h4-5,7,9-13,20H,3,6,8,14-16H2,1-2H3,(H,25,29). The average molecular weight is 405 g/mol. The Balaban J connectivity index is 1.37. The van der Waals surface area contributed by atoms with E-state index in [0.29, 0.717) is 24.8 Å². The third-order valence-electron chi connectivity index (χ3n) is 5.67. The average Bonchev–Trinajstić information content (AvgIpc) is 3.23. The van der Waals surface area contributed by atoms with Crippen LogP contribution in [0.4, 0.5) is 5.69 Å². The zero-order valence-corrected chi connectivity index (χ0v) is 17.6. The molecule has 2 aromatic carbocycles. The zero-order valence-electron chi connectivity index (χ0n) is 17.6. The van der Waals surface area contributed by atoms with E-state index in [1.807, 2.05) is 42.5 Å². The predicted octanol–water partition coefficient (Wildman–Crippen LogP) is 4.46. The fourth-order valence-corrected chi connectivity index (χ4v) is 3.93. The summed E-state index contributed by atoms with van der Waals surface area (Å²) in [5.41, 5.74) is 4.22. The second kappa shape index (κ2) is 9.22. The number of nitrogens with one attached hydrogen (secondary N) is 1. The molecular weight excluding hydrogens is 376 g/mol. The van der Waals surface area contributed by atoms with Crippen LogP contribution in [-0.2, 0) is 17.8 Å². The number of rotatable bonds is 6. The molecule has 6 heteroatoms. The van der Waals surface area contributed by atoms with Gasteiger partial charge in [0, 0.05) is 17.8 Å². The highest BCUT2D eigenvalue weighted by atomic mass is 16.5. The van der Waals surface area contributed by atoms with Crippen LogP contribution in [0.5, 0.6) is 0 Å². The summed E-state index contributed by atoms with van der Waals surface area (Å²) in [6.45, 7) is 6.34. The molecule has 1 aliphatic rings. The fraction of sp³-hybridized carbons (Fsp3) is 0.375. The molecule has 1 saturated heterocycles. The van der Waals surface area contributed by atoms with Crippen molar-refractivity contribution in [3.05, 3.63) is 65.5 Å². The van der Waals surface area contributed by atoms with E-state index in [9.17, 15) is 4.79 Å². The van der Waals surface area contributed by atoms with Crippen molar-refractivity contribution in [3.63, 3.8) is 0 Å². The van der Waals surface area contributed by atoms with Gasteiger partial charge in [0.05, 0.1) is 12.5 Å². The molecule has 1 atom stereocenters. The van der Waals surface area contributed by atoms with Gasteiger partial charge in [-0.25, -0.2) is 0 Å². The molecule has 156 valence electrons. The maximum atomic E-state index is 12.9. The van der Waals surface area contributed by atoms with Gasteiger partial charge in [0.25, 0.3) is 0 Å². The SMILES string of the molecule is CCc1ccccc1NC(=O)C1CCCN(Cc2nc(-c3ccc(C)cc3)no2)C1. The molecule has 2 heterocycles. The van der Waals surface area contributed by atoms with Crippen molar-refractivity contribution in [2.75, 3.05) is 18.4 Å². The van der Waals surface area contributed by atoms with E-state index < -0.39 is 0 Å². The minimum Gasteiger partial charge on any atom is -0.338 e. The topological polar surface area (TPSA) is 71.3 Å². The maximum absolute atomic E-state index is 12.9. The van der Waals surface area contributed by atoms with Crippen LogP contribution in [0.25, 0.3) is 11.4 Å². The molecule has 4 rings (SSSR count). The number of amides is 1. The highest BCUT2D eigenvalue weighted by Crippen LogP contribution is 2.23. The number of carbonyl (C=O) groups is 1. The summed E-state index contributed by atoms with van der Waals surface area (Å²) < 4.78 is 5.47. The molecule has 30 heavy (non-hydrogen) atoms. The van der Waals surface area contributed by atoms with E-state index in [2.05, 4.69) is 40.3 Å². The Bertz CT molecular complexity index is 996. The second-order valence-corrected chi connectivity index (χ2v) is 7.95. The molecule has 0 aliphatic carbocycles. The first kappa shape index (κ1) is 20.3. The first-order valence-corrected chi connectivity index (χ1v) is 10.6. The molecule has 1 N–H and O–H groups in total. The molecule has 1 amide bonds. The van der Waals surface area contributed by atoms with E-state index in [1.54, 1.807) is 0 Å². The number of carbonyl (C=O) groups excluding carboxylic acids is 1. The van der Waals surface area contributed by atoms with Gasteiger partial charge < -0.3 is 9.84 Å². The van der Waals surface area contributed by atoms with Gasteiger partial charge in [-0.2, -0.15) is 4.98 Å². The predicted molar refractivity (Wildman–Crippen MR) is 117 cm³/mol. The van der Waals surface area contributed by atoms with Gasteiger partial charge in [0.2, 0.25) is 17.6 Å². The molecule has 6 nitrogen and oxygen atoms in total. The van der Waals surface area contributed by atoms with Gasteiger partial charge in [-0.15, -0.1) is 0 Å². The zero-order chi connectivity index (χ0) is 20.9. The molecule has 3 aromatic rings. The van der Waals surface area contributed by atoms with Gasteiger partial charge in [0.15, 0.2) is 0 Å². The van der Waals surface area contributed by atoms with Crippen molar-refractivity contribution in [3.8, 4) is 11.4 Å². The Morgan fingerprint density at radius 1 is 1.20 bits per heavy atom. The summed E-state index contributed by atoms with van der Waals surface area (Å²) in [7, 11) is 0. The van der Waals surface area contributed by atoms with Gasteiger partial charge in [-0.05, 0) is 44.4 Å². The van der Waals surface area contributed by atoms with Gasteiger partial charge in [-0.1, -0.05) is 60.1 Å². The lowest BCUT2D eigenvalue weighted by Gasteiger charge is -2.31. The molecule has 0 bridgehead atoms. The smallest absolute Gasteiger partial charge is 0.241 e. The Kier molecular flexibility index (Phi) is 6.23. The first-order chi connectivity index (χ1) is 14.6. The number of likely N-dealkylation sites (tertiary alicyclic amines) is 1. The van der Waals surface area contributed by atoms with Crippen LogP contribution in [0.3, 0.4) is 0 Å². The molecular formula is C24H28N4O2. The monoisotopic (exact) mass is 404 g/mol. The Labute approximate surface area is 177 Å². The summed E-state index contributed by atoms with van der Waals surface area (Å²) >= 11 is 0. The molecule has 0 saturated carbocycles. The molecule has 0 spiro atoms. The Morgan fingerprint density at radius 2 is 2.00 bits per heavy atom. The Hall–Kier alpha value is -2.99. The Morgan fingerprint density at radius 3 is 2.80 bits per heavy atom. The number of para-hydroxylation sites is 1. The summed E-state index contributed by atoms with van der Waals surface area (Å²) in [4.78, 5) is 19.6. The number of anilines is 1. The van der Waals surface area contributed by atoms with Crippen molar-refractivity contribution < 1.29 is 9.32 Å². The minimum absolute atomic E-state index is 0.0387. The van der Waals surface area contributed by atoms with E-state index in [0.717, 1.165) is 42.6 Å². The fourth-order valence-electron chi connectivity index (χ4n) is 3.93. The minimum atomic E-state index is -0.0387. The van der Waals surface area contributed by atoms with Gasteiger partial charge in [-0.3, -0.25) is 9.69 Å². The molecule has 0 radical (unpaired) electrons. The third kappa shape index (κ3) is 4.76. The van der Waals surface area contributed by atoms with Crippen molar-refractivity contribution in [2.24, 2.45) is 5.92 Å². The summed E-state index contributed by atoms with van der Waals surface area (Å²) in [6.07, 6.45) is 2.77. The number of piperidine rings is 1. The largest absolute Gasteiger partial charge is 0.338 e. The van der Waals surface area contributed by atoms with E-state index in [-0.39, 0.29) is 11.8 Å². The second-order valence-electron chi connectivity index (χ2n) is 7.95. The lowest BCUT2D eigenvalue weighted by molar-refractivity contribution is -0.121. The number of benzene rings is 2. The quantitative estimate of drug-likeness (QED) is 0.657. The molecule has 1 unspecified atom stereocenters.